The van der Waals surface area contributed by atoms with Gasteiger partial charge in [-0.05, 0) is 49.6 Å². The minimum atomic E-state index is -0.549. The number of carbonyl (C=O) groups excluding carboxylic acids is 1. The first-order chi connectivity index (χ1) is 14.2. The molecule has 1 aromatic carbocycles. The number of ether oxygens (including phenoxy) is 1. The Balaban J connectivity index is 2.31. The van der Waals surface area contributed by atoms with Gasteiger partial charge in [0, 0.05) is 31.6 Å². The van der Waals surface area contributed by atoms with E-state index >= 15 is 0 Å². The van der Waals surface area contributed by atoms with E-state index in [0.717, 1.165) is 23.0 Å². The molecule has 0 unspecified atom stereocenters. The lowest BCUT2D eigenvalue weighted by Crippen LogP contribution is -2.32. The number of benzene rings is 1. The molecule has 0 aliphatic carbocycles. The van der Waals surface area contributed by atoms with Crippen LogP contribution in [0.1, 0.15) is 31.9 Å². The number of allylic oxidation sites excluding steroid dienone is 1. The van der Waals surface area contributed by atoms with Gasteiger partial charge in [-0.15, -0.1) is 0 Å². The molecule has 5 N–H and O–H groups in total. The summed E-state index contributed by atoms with van der Waals surface area (Å²) in [7, 11) is 1.65. The fourth-order valence-corrected chi connectivity index (χ4v) is 2.77. The van der Waals surface area contributed by atoms with E-state index in [1.54, 1.807) is 19.3 Å². The molecule has 0 aliphatic heterocycles. The zero-order chi connectivity index (χ0) is 22.3. The van der Waals surface area contributed by atoms with E-state index in [0.29, 0.717) is 17.8 Å². The van der Waals surface area contributed by atoms with Crippen LogP contribution in [0.4, 0.5) is 4.79 Å². The highest BCUT2D eigenvalue weighted by Crippen LogP contribution is 2.22. The lowest BCUT2D eigenvalue weighted by atomic mass is 10.0. The molecule has 1 heterocycles. The second kappa shape index (κ2) is 9.69. The van der Waals surface area contributed by atoms with Gasteiger partial charge in [0.05, 0.1) is 12.0 Å². The van der Waals surface area contributed by atoms with Crippen LogP contribution in [0.2, 0.25) is 0 Å². The number of hydrogen-bond acceptors (Lipinski definition) is 6. The molecule has 0 saturated carbocycles. The summed E-state index contributed by atoms with van der Waals surface area (Å²) in [6.07, 6.45) is 3.68. The van der Waals surface area contributed by atoms with Crippen LogP contribution >= 0.6 is 0 Å². The van der Waals surface area contributed by atoms with Gasteiger partial charge in [0.25, 0.3) is 0 Å². The van der Waals surface area contributed by atoms with Crippen LogP contribution in [-0.4, -0.2) is 35.9 Å². The van der Waals surface area contributed by atoms with Crippen molar-refractivity contribution in [2.24, 2.45) is 10.7 Å². The second-order valence-corrected chi connectivity index (χ2v) is 7.58. The van der Waals surface area contributed by atoms with Crippen molar-refractivity contribution in [2.75, 3.05) is 7.05 Å². The predicted molar refractivity (Wildman–Crippen MR) is 120 cm³/mol. The number of pyridine rings is 1. The average Bonchev–Trinajstić information content (AvgIpc) is 2.69. The van der Waals surface area contributed by atoms with Gasteiger partial charge < -0.3 is 15.8 Å². The monoisotopic (exact) mass is 408 g/mol. The van der Waals surface area contributed by atoms with E-state index < -0.39 is 11.7 Å². The molecular formula is C22H28N6O2. The zero-order valence-corrected chi connectivity index (χ0v) is 17.7. The number of aliphatic imine (C=N–C) groups is 1. The fourth-order valence-electron chi connectivity index (χ4n) is 2.77. The van der Waals surface area contributed by atoms with Gasteiger partial charge in [-0.2, -0.15) is 0 Å². The van der Waals surface area contributed by atoms with Crippen LogP contribution < -0.4 is 16.5 Å². The lowest BCUT2D eigenvalue weighted by Gasteiger charge is -2.19. The molecule has 0 radical (unpaired) electrons. The topological polar surface area (TPSA) is 129 Å². The summed E-state index contributed by atoms with van der Waals surface area (Å²) < 4.78 is 6.70. The minimum Gasteiger partial charge on any atom is -0.444 e. The van der Waals surface area contributed by atoms with Crippen molar-refractivity contribution >= 4 is 24.2 Å². The molecule has 0 bridgehead atoms. The Hall–Kier alpha value is -3.68. The molecule has 2 rings (SSSR count). The molecule has 0 spiro atoms. The van der Waals surface area contributed by atoms with Gasteiger partial charge in [-0.25, -0.2) is 4.79 Å². The largest absolute Gasteiger partial charge is 0.444 e. The van der Waals surface area contributed by atoms with Crippen molar-refractivity contribution in [3.63, 3.8) is 0 Å². The van der Waals surface area contributed by atoms with Crippen LogP contribution in [0, 0.1) is 10.8 Å². The molecule has 1 amide bonds. The number of alkyl carbamates (subject to hydrolysis) is 1. The van der Waals surface area contributed by atoms with Crippen LogP contribution in [0.5, 0.6) is 0 Å². The van der Waals surface area contributed by atoms with Crippen molar-refractivity contribution in [1.82, 2.24) is 9.88 Å². The summed E-state index contributed by atoms with van der Waals surface area (Å²) >= 11 is 0. The highest BCUT2D eigenvalue weighted by atomic mass is 16.6. The molecule has 30 heavy (non-hydrogen) atoms. The van der Waals surface area contributed by atoms with E-state index in [9.17, 15) is 4.79 Å². The van der Waals surface area contributed by atoms with Gasteiger partial charge in [0.2, 0.25) is 0 Å². The molecule has 1 aromatic heterocycles. The van der Waals surface area contributed by atoms with Gasteiger partial charge in [-0.3, -0.25) is 20.4 Å². The van der Waals surface area contributed by atoms with E-state index in [2.05, 4.69) is 10.3 Å². The van der Waals surface area contributed by atoms with Crippen molar-refractivity contribution < 1.29 is 9.53 Å². The first-order valence-electron chi connectivity index (χ1n) is 9.41. The number of carbonyl (C=O) groups is 1. The highest BCUT2D eigenvalue weighted by Gasteiger charge is 2.15. The van der Waals surface area contributed by atoms with E-state index in [-0.39, 0.29) is 5.49 Å². The van der Waals surface area contributed by atoms with Crippen LogP contribution in [0.15, 0.2) is 47.6 Å². The quantitative estimate of drug-likeness (QED) is 0.433. The minimum absolute atomic E-state index is 0.150. The smallest absolute Gasteiger partial charge is 0.407 e. The van der Waals surface area contributed by atoms with Crippen molar-refractivity contribution in [3.05, 3.63) is 59.2 Å². The summed E-state index contributed by atoms with van der Waals surface area (Å²) in [5.41, 5.74) is 9.11. The number of aromatic nitrogens is 1. The number of hydrogen-bond donors (Lipinski definition) is 4. The molecule has 0 saturated heterocycles. The first-order valence-corrected chi connectivity index (χ1v) is 9.41. The van der Waals surface area contributed by atoms with E-state index in [1.165, 1.54) is 10.8 Å². The van der Waals surface area contributed by atoms with Crippen LogP contribution in [-0.2, 0) is 11.3 Å². The Morgan fingerprint density at radius 3 is 2.47 bits per heavy atom. The number of nitrogens with two attached hydrogens (primary N) is 1. The third-order valence-corrected chi connectivity index (χ3v) is 4.10. The molecule has 0 aliphatic rings. The summed E-state index contributed by atoms with van der Waals surface area (Å²) in [4.78, 5) is 15.8. The Morgan fingerprint density at radius 2 is 1.93 bits per heavy atom. The normalized spacial score (nSPS) is 12.1. The molecule has 0 fully saturated rings. The molecule has 8 nitrogen and oxygen atoms in total. The van der Waals surface area contributed by atoms with Gasteiger partial charge >= 0.3 is 6.09 Å². The predicted octanol–water partition coefficient (Wildman–Crippen LogP) is 3.11. The van der Waals surface area contributed by atoms with Crippen LogP contribution in [0.25, 0.3) is 16.8 Å². The van der Waals surface area contributed by atoms with E-state index in [1.807, 2.05) is 51.1 Å². The van der Waals surface area contributed by atoms with Gasteiger partial charge in [0.1, 0.15) is 11.1 Å². The first kappa shape index (κ1) is 22.6. The summed E-state index contributed by atoms with van der Waals surface area (Å²) in [6, 6.07) is 11.0. The number of amides is 1. The van der Waals surface area contributed by atoms with Crippen molar-refractivity contribution in [3.8, 4) is 11.3 Å². The highest BCUT2D eigenvalue weighted by molar-refractivity contribution is 6.09. The second-order valence-electron chi connectivity index (χ2n) is 7.58. The molecule has 158 valence electrons. The standard InChI is InChI=1S/C22H28N6O2/c1-22(2,3)30-21(29)27-12-15-5-7-16(8-6-15)19-9-17(18(11-23)13-26-4)10-20(25)28(19)14-24/h5-11,13-14,24-25H,12,23H2,1-4H3,(H,27,29). The number of nitrogens with zero attached hydrogens (tertiary/aromatic N) is 2. The maximum Gasteiger partial charge on any atom is 0.407 e. The van der Waals surface area contributed by atoms with Crippen molar-refractivity contribution in [1.29, 1.82) is 10.8 Å². The molecule has 2 aromatic rings. The van der Waals surface area contributed by atoms with E-state index in [4.69, 9.17) is 21.3 Å². The van der Waals surface area contributed by atoms with Crippen molar-refractivity contribution in [2.45, 2.75) is 32.9 Å². The molecule has 0 atom stereocenters. The fraction of sp³-hybridized carbons (Fsp3) is 0.273. The lowest BCUT2D eigenvalue weighted by molar-refractivity contribution is 0.0523. The maximum absolute atomic E-state index is 11.8. The Kier molecular flexibility index (Phi) is 7.30. The number of rotatable bonds is 6. The van der Waals surface area contributed by atoms with Gasteiger partial charge in [0.15, 0.2) is 0 Å². The van der Waals surface area contributed by atoms with Gasteiger partial charge in [-0.1, -0.05) is 24.3 Å². The summed E-state index contributed by atoms with van der Waals surface area (Å²) in [6.45, 7) is 5.77. The summed E-state index contributed by atoms with van der Waals surface area (Å²) in [5, 5.41) is 18.7. The zero-order valence-electron chi connectivity index (χ0n) is 17.7. The molecule has 8 heteroatoms. The molecular weight excluding hydrogens is 380 g/mol. The Morgan fingerprint density at radius 1 is 1.27 bits per heavy atom. The third-order valence-electron chi connectivity index (χ3n) is 4.10. The Bertz CT molecular complexity index is 1030. The Labute approximate surface area is 176 Å². The summed E-state index contributed by atoms with van der Waals surface area (Å²) in [5.74, 6) is 0. The maximum atomic E-state index is 11.8. The van der Waals surface area contributed by atoms with Crippen LogP contribution in [0.3, 0.4) is 0 Å². The average molecular weight is 409 g/mol. The third kappa shape index (κ3) is 5.91. The SMILES string of the molecule is CN=CC(=CN)c1cc(-c2ccc(CNC(=O)OC(C)(C)C)cc2)n(C=N)c(=N)c1. The number of nitrogens with one attached hydrogen (secondary N) is 3.